The molecule has 1 saturated carbocycles. The summed E-state index contributed by atoms with van der Waals surface area (Å²) in [5.74, 6) is -0.242. The van der Waals surface area contributed by atoms with Gasteiger partial charge in [0.25, 0.3) is 5.91 Å². The van der Waals surface area contributed by atoms with Gasteiger partial charge in [-0.15, -0.1) is 0 Å². The van der Waals surface area contributed by atoms with Gasteiger partial charge in [0.1, 0.15) is 6.04 Å². The maximum Gasteiger partial charge on any atom is 0.251 e. The summed E-state index contributed by atoms with van der Waals surface area (Å²) >= 11 is 0. The molecule has 0 aromatic heterocycles. The van der Waals surface area contributed by atoms with Crippen molar-refractivity contribution in [1.82, 2.24) is 14.9 Å². The maximum atomic E-state index is 12.6. The number of hydrogen-bond donors (Lipinski definition) is 2. The molecule has 2 amide bonds. The van der Waals surface area contributed by atoms with Crippen molar-refractivity contribution in [2.24, 2.45) is 0 Å². The van der Waals surface area contributed by atoms with Gasteiger partial charge in [0.2, 0.25) is 15.9 Å². The highest BCUT2D eigenvalue weighted by molar-refractivity contribution is 7.89. The van der Waals surface area contributed by atoms with Crippen molar-refractivity contribution in [3.63, 3.8) is 0 Å². The Morgan fingerprint density at radius 1 is 1.00 bits per heavy atom. The lowest BCUT2D eigenvalue weighted by Crippen LogP contribution is -2.50. The fraction of sp³-hybridized carbons (Fsp3) is 0.600. The fourth-order valence-corrected chi connectivity index (χ4v) is 5.37. The molecule has 1 aromatic rings. The van der Waals surface area contributed by atoms with Crippen molar-refractivity contribution in [3.8, 4) is 0 Å². The van der Waals surface area contributed by atoms with Crippen LogP contribution in [0.1, 0.15) is 55.8 Å². The third-order valence-electron chi connectivity index (χ3n) is 5.67. The summed E-state index contributed by atoms with van der Waals surface area (Å²) in [5.41, 5.74) is 0.649. The highest BCUT2D eigenvalue weighted by atomic mass is 32.2. The molecule has 2 aliphatic rings. The molecule has 28 heavy (non-hydrogen) atoms. The van der Waals surface area contributed by atoms with Crippen molar-refractivity contribution in [2.45, 2.75) is 63.6 Å². The number of nitrogens with one attached hydrogen (secondary N) is 2. The van der Waals surface area contributed by atoms with Gasteiger partial charge in [-0.2, -0.15) is 4.31 Å². The van der Waals surface area contributed by atoms with E-state index in [1.54, 1.807) is 19.1 Å². The average molecular weight is 408 g/mol. The van der Waals surface area contributed by atoms with Crippen molar-refractivity contribution >= 4 is 21.8 Å². The quantitative estimate of drug-likeness (QED) is 0.750. The molecule has 2 fully saturated rings. The average Bonchev–Trinajstić information content (AvgIpc) is 3.21. The molecule has 0 unspecified atom stereocenters. The molecule has 7 nitrogen and oxygen atoms in total. The molecule has 3 rings (SSSR count). The number of nitrogens with zero attached hydrogens (tertiary/aromatic N) is 1. The maximum absolute atomic E-state index is 12.6. The van der Waals surface area contributed by atoms with Crippen molar-refractivity contribution in [3.05, 3.63) is 35.9 Å². The Kier molecular flexibility index (Phi) is 6.72. The largest absolute Gasteiger partial charge is 0.352 e. The summed E-state index contributed by atoms with van der Waals surface area (Å²) in [4.78, 5) is 24.9. The molecule has 0 radical (unpaired) electrons. The van der Waals surface area contributed by atoms with Gasteiger partial charge in [-0.05, 0) is 57.6 Å². The second kappa shape index (κ2) is 9.05. The zero-order valence-corrected chi connectivity index (χ0v) is 17.1. The van der Waals surface area contributed by atoms with Gasteiger partial charge in [-0.3, -0.25) is 9.59 Å². The van der Waals surface area contributed by atoms with Gasteiger partial charge < -0.3 is 10.6 Å². The van der Waals surface area contributed by atoms with E-state index in [1.807, 2.05) is 18.2 Å². The summed E-state index contributed by atoms with van der Waals surface area (Å²) in [6.07, 6.45) is 4.44. The van der Waals surface area contributed by atoms with E-state index in [0.717, 1.165) is 32.1 Å². The van der Waals surface area contributed by atoms with E-state index in [9.17, 15) is 18.0 Å². The Balaban J connectivity index is 1.48. The van der Waals surface area contributed by atoms with Crippen LogP contribution in [0.15, 0.2) is 30.3 Å². The van der Waals surface area contributed by atoms with Crippen LogP contribution in [-0.2, 0) is 14.8 Å². The van der Waals surface area contributed by atoms with Crippen LogP contribution < -0.4 is 10.6 Å². The Hall–Kier alpha value is -1.93. The number of carbonyl (C=O) groups excluding carboxylic acids is 2. The second-order valence-electron chi connectivity index (χ2n) is 7.57. The van der Waals surface area contributed by atoms with Crippen LogP contribution in [0.5, 0.6) is 0 Å². The van der Waals surface area contributed by atoms with Gasteiger partial charge in [0.15, 0.2) is 0 Å². The molecule has 1 aromatic carbocycles. The summed E-state index contributed by atoms with van der Waals surface area (Å²) < 4.78 is 25.7. The molecule has 2 N–H and O–H groups in total. The molecule has 1 saturated heterocycles. The van der Waals surface area contributed by atoms with Crippen LogP contribution in [0.4, 0.5) is 0 Å². The van der Waals surface area contributed by atoms with Crippen molar-refractivity contribution < 1.29 is 18.0 Å². The van der Waals surface area contributed by atoms with E-state index < -0.39 is 16.1 Å². The fourth-order valence-electron chi connectivity index (χ4n) is 4.04. The van der Waals surface area contributed by atoms with Crippen LogP contribution >= 0.6 is 0 Å². The third-order valence-corrected chi connectivity index (χ3v) is 7.55. The molecule has 8 heteroatoms. The predicted octanol–water partition coefficient (Wildman–Crippen LogP) is 1.66. The van der Waals surface area contributed by atoms with Crippen LogP contribution in [0.3, 0.4) is 0 Å². The number of amides is 2. The predicted molar refractivity (Wildman–Crippen MR) is 107 cm³/mol. The summed E-state index contributed by atoms with van der Waals surface area (Å²) in [6.45, 7) is 2.03. The lowest BCUT2D eigenvalue weighted by atomic mass is 9.90. The molecule has 1 aliphatic carbocycles. The number of benzene rings is 1. The van der Waals surface area contributed by atoms with Gasteiger partial charge >= 0.3 is 0 Å². The lowest BCUT2D eigenvalue weighted by Gasteiger charge is -2.31. The molecular formula is C20H29N3O4S. The number of hydrogen-bond acceptors (Lipinski definition) is 4. The Morgan fingerprint density at radius 3 is 2.21 bits per heavy atom. The topological polar surface area (TPSA) is 95.6 Å². The SMILES string of the molecule is CCS(=O)(=O)N1CCC[C@H]1C(=O)NC1CCC(NC(=O)c2ccccc2)CC1. The number of carbonyl (C=O) groups is 2. The Labute approximate surface area is 166 Å². The molecular weight excluding hydrogens is 378 g/mol. The van der Waals surface area contributed by atoms with Crippen LogP contribution in [0, 0.1) is 0 Å². The van der Waals surface area contributed by atoms with Crippen molar-refractivity contribution in [2.75, 3.05) is 12.3 Å². The van der Waals surface area contributed by atoms with Crippen LogP contribution in [0.25, 0.3) is 0 Å². The zero-order valence-electron chi connectivity index (χ0n) is 16.3. The molecule has 1 heterocycles. The minimum atomic E-state index is -3.36. The highest BCUT2D eigenvalue weighted by Crippen LogP contribution is 2.24. The van der Waals surface area contributed by atoms with Crippen LogP contribution in [0.2, 0.25) is 0 Å². The van der Waals surface area contributed by atoms with E-state index in [1.165, 1.54) is 4.31 Å². The highest BCUT2D eigenvalue weighted by Gasteiger charge is 2.38. The van der Waals surface area contributed by atoms with Crippen molar-refractivity contribution in [1.29, 1.82) is 0 Å². The molecule has 0 spiro atoms. The normalized spacial score (nSPS) is 26.0. The van der Waals surface area contributed by atoms with E-state index in [4.69, 9.17) is 0 Å². The first-order chi connectivity index (χ1) is 13.4. The third kappa shape index (κ3) is 4.91. The first-order valence-electron chi connectivity index (χ1n) is 10.1. The van der Waals surface area contributed by atoms with Gasteiger partial charge in [-0.25, -0.2) is 8.42 Å². The first-order valence-corrected chi connectivity index (χ1v) is 11.7. The number of sulfonamides is 1. The van der Waals surface area contributed by atoms with E-state index in [-0.39, 0.29) is 29.7 Å². The van der Waals surface area contributed by atoms with Gasteiger partial charge in [-0.1, -0.05) is 18.2 Å². The smallest absolute Gasteiger partial charge is 0.251 e. The molecule has 154 valence electrons. The Bertz CT molecular complexity index is 789. The number of rotatable bonds is 6. The van der Waals surface area contributed by atoms with Gasteiger partial charge in [0, 0.05) is 24.2 Å². The standard InChI is InChI=1S/C20H29N3O4S/c1-2-28(26,27)23-14-6-9-18(23)20(25)22-17-12-10-16(11-13-17)21-19(24)15-7-4-3-5-8-15/h3-5,7-8,16-18H,2,6,9-14H2,1H3,(H,21,24)(H,22,25)/t16?,17?,18-/m0/s1. The second-order valence-corrected chi connectivity index (χ2v) is 9.78. The van der Waals surface area contributed by atoms with E-state index in [2.05, 4.69) is 10.6 Å². The van der Waals surface area contributed by atoms with Crippen LogP contribution in [-0.4, -0.2) is 55.0 Å². The minimum absolute atomic E-state index is 0.0169. The molecule has 1 aliphatic heterocycles. The molecule has 0 bridgehead atoms. The lowest BCUT2D eigenvalue weighted by molar-refractivity contribution is -0.125. The molecule has 1 atom stereocenters. The van der Waals surface area contributed by atoms with E-state index in [0.29, 0.717) is 18.5 Å². The van der Waals surface area contributed by atoms with Gasteiger partial charge in [0.05, 0.1) is 5.75 Å². The summed E-state index contributed by atoms with van der Waals surface area (Å²) in [5, 5.41) is 6.09. The minimum Gasteiger partial charge on any atom is -0.352 e. The first kappa shape index (κ1) is 20.8. The summed E-state index contributed by atoms with van der Waals surface area (Å²) in [6, 6.07) is 8.69. The summed E-state index contributed by atoms with van der Waals surface area (Å²) in [7, 11) is -3.36. The zero-order chi connectivity index (χ0) is 20.1. The Morgan fingerprint density at radius 2 is 1.61 bits per heavy atom. The van der Waals surface area contributed by atoms with E-state index >= 15 is 0 Å². The monoisotopic (exact) mass is 407 g/mol.